The Balaban J connectivity index is 1.89. The van der Waals surface area contributed by atoms with Crippen molar-refractivity contribution in [2.45, 2.75) is 25.9 Å². The number of aromatic nitrogens is 4. The zero-order valence-corrected chi connectivity index (χ0v) is 11.6. The van der Waals surface area contributed by atoms with Gasteiger partial charge in [0.2, 0.25) is 0 Å². The fourth-order valence-corrected chi connectivity index (χ4v) is 2.31. The molecule has 6 heteroatoms. The van der Waals surface area contributed by atoms with Crippen LogP contribution in [0.4, 0.5) is 4.39 Å². The summed E-state index contributed by atoms with van der Waals surface area (Å²) in [7, 11) is 0. The van der Waals surface area contributed by atoms with Crippen LogP contribution in [0.2, 0.25) is 0 Å². The highest BCUT2D eigenvalue weighted by Crippen LogP contribution is 2.13. The van der Waals surface area contributed by atoms with Crippen molar-refractivity contribution in [1.29, 1.82) is 0 Å². The molecule has 3 aromatic rings. The van der Waals surface area contributed by atoms with Crippen LogP contribution in [0.25, 0.3) is 10.9 Å². The number of hydrogen-bond donors (Lipinski definition) is 0. The van der Waals surface area contributed by atoms with Gasteiger partial charge in [-0.1, -0.05) is 0 Å². The van der Waals surface area contributed by atoms with E-state index < -0.39 is 5.82 Å². The van der Waals surface area contributed by atoms with E-state index >= 15 is 0 Å². The van der Waals surface area contributed by atoms with E-state index in [1.54, 1.807) is 10.8 Å². The van der Waals surface area contributed by atoms with E-state index in [1.807, 2.05) is 23.9 Å². The molecule has 108 valence electrons. The van der Waals surface area contributed by atoms with Gasteiger partial charge in [-0.15, -0.1) is 0 Å². The Hall–Kier alpha value is -2.50. The summed E-state index contributed by atoms with van der Waals surface area (Å²) in [4.78, 5) is 16.6. The minimum atomic E-state index is -0.427. The second-order valence-corrected chi connectivity index (χ2v) is 5.03. The van der Waals surface area contributed by atoms with Crippen LogP contribution in [0.15, 0.2) is 47.8 Å². The normalized spacial score (nSPS) is 12.7. The van der Waals surface area contributed by atoms with Crippen LogP contribution in [0.3, 0.4) is 0 Å². The van der Waals surface area contributed by atoms with Crippen molar-refractivity contribution in [1.82, 2.24) is 19.3 Å². The van der Waals surface area contributed by atoms with E-state index in [2.05, 4.69) is 10.1 Å². The highest BCUT2D eigenvalue weighted by molar-refractivity contribution is 5.77. The van der Waals surface area contributed by atoms with E-state index in [9.17, 15) is 9.18 Å². The van der Waals surface area contributed by atoms with Gasteiger partial charge in [0, 0.05) is 25.0 Å². The topological polar surface area (TPSA) is 52.7 Å². The molecule has 2 aromatic heterocycles. The molecular weight excluding hydrogens is 271 g/mol. The van der Waals surface area contributed by atoms with Gasteiger partial charge >= 0.3 is 0 Å². The summed E-state index contributed by atoms with van der Waals surface area (Å²) >= 11 is 0. The predicted molar refractivity (Wildman–Crippen MR) is 77.5 cm³/mol. The van der Waals surface area contributed by atoms with Gasteiger partial charge in [-0.05, 0) is 37.6 Å². The lowest BCUT2D eigenvalue weighted by molar-refractivity contribution is 0.435. The summed E-state index contributed by atoms with van der Waals surface area (Å²) in [5.74, 6) is -0.427. The fourth-order valence-electron chi connectivity index (χ4n) is 2.31. The molecule has 0 saturated carbocycles. The molecule has 0 unspecified atom stereocenters. The number of nitrogens with zero attached hydrogens (tertiary/aromatic N) is 4. The number of fused-ring (bicyclic) bond motifs is 1. The lowest BCUT2D eigenvalue weighted by Crippen LogP contribution is -2.24. The van der Waals surface area contributed by atoms with Gasteiger partial charge in [0.05, 0.1) is 17.2 Å². The molecule has 0 amide bonds. The average Bonchev–Trinajstić information content (AvgIpc) is 2.99. The van der Waals surface area contributed by atoms with E-state index in [0.29, 0.717) is 17.4 Å². The van der Waals surface area contributed by atoms with Gasteiger partial charge in [0.1, 0.15) is 5.82 Å². The van der Waals surface area contributed by atoms with E-state index in [4.69, 9.17) is 0 Å². The van der Waals surface area contributed by atoms with Crippen molar-refractivity contribution in [3.05, 3.63) is 59.2 Å². The smallest absolute Gasteiger partial charge is 0.261 e. The van der Waals surface area contributed by atoms with Crippen molar-refractivity contribution >= 4 is 10.9 Å². The maximum absolute atomic E-state index is 13.3. The molecule has 1 aromatic carbocycles. The molecular formula is C15H15FN4O. The number of benzene rings is 1. The standard InChI is InChI=1S/C15H15FN4O/c1-11(5-8-19-7-2-6-18-19)20-10-17-14-4-3-12(16)9-13(14)15(20)21/h2-4,6-7,9-11H,5,8H2,1H3/t11-/m1/s1. The van der Waals surface area contributed by atoms with E-state index in [0.717, 1.165) is 6.42 Å². The Kier molecular flexibility index (Phi) is 3.51. The molecule has 21 heavy (non-hydrogen) atoms. The zero-order chi connectivity index (χ0) is 14.8. The maximum Gasteiger partial charge on any atom is 0.261 e. The van der Waals surface area contributed by atoms with Gasteiger partial charge in [-0.2, -0.15) is 5.10 Å². The Labute approximate surface area is 120 Å². The van der Waals surface area contributed by atoms with Crippen LogP contribution in [0.1, 0.15) is 19.4 Å². The third-order valence-corrected chi connectivity index (χ3v) is 3.55. The molecule has 0 radical (unpaired) electrons. The first-order valence-electron chi connectivity index (χ1n) is 6.79. The third-order valence-electron chi connectivity index (χ3n) is 3.55. The molecule has 0 saturated heterocycles. The van der Waals surface area contributed by atoms with Gasteiger partial charge < -0.3 is 0 Å². The number of rotatable bonds is 4. The van der Waals surface area contributed by atoms with Crippen LogP contribution in [0.5, 0.6) is 0 Å². The van der Waals surface area contributed by atoms with Crippen LogP contribution < -0.4 is 5.56 Å². The van der Waals surface area contributed by atoms with Crippen molar-refractivity contribution in [3.8, 4) is 0 Å². The Morgan fingerprint density at radius 1 is 1.38 bits per heavy atom. The molecule has 0 N–H and O–H groups in total. The third kappa shape index (κ3) is 2.69. The molecule has 5 nitrogen and oxygen atoms in total. The molecule has 0 bridgehead atoms. The number of hydrogen-bond acceptors (Lipinski definition) is 3. The predicted octanol–water partition coefficient (Wildman–Crippen LogP) is 2.38. The van der Waals surface area contributed by atoms with Crippen LogP contribution in [-0.4, -0.2) is 19.3 Å². The first-order valence-corrected chi connectivity index (χ1v) is 6.79. The lowest BCUT2D eigenvalue weighted by atomic mass is 10.2. The number of halogens is 1. The first-order chi connectivity index (χ1) is 10.1. The quantitative estimate of drug-likeness (QED) is 0.740. The van der Waals surface area contributed by atoms with E-state index in [1.165, 1.54) is 24.5 Å². The monoisotopic (exact) mass is 286 g/mol. The lowest BCUT2D eigenvalue weighted by Gasteiger charge is -2.15. The second-order valence-electron chi connectivity index (χ2n) is 5.03. The maximum atomic E-state index is 13.3. The SMILES string of the molecule is C[C@H](CCn1cccn1)n1cnc2ccc(F)cc2c1=O. The Bertz CT molecular complexity index is 810. The highest BCUT2D eigenvalue weighted by Gasteiger charge is 2.11. The summed E-state index contributed by atoms with van der Waals surface area (Å²) in [6.45, 7) is 2.65. The van der Waals surface area contributed by atoms with Crippen LogP contribution in [0, 0.1) is 5.82 Å². The molecule has 0 aliphatic rings. The van der Waals surface area contributed by atoms with Gasteiger partial charge in [-0.25, -0.2) is 9.37 Å². The van der Waals surface area contributed by atoms with Crippen molar-refractivity contribution in [3.63, 3.8) is 0 Å². The minimum absolute atomic E-state index is 0.0399. The molecule has 1 atom stereocenters. The number of aryl methyl sites for hydroxylation is 1. The summed E-state index contributed by atoms with van der Waals surface area (Å²) in [5, 5.41) is 4.44. The highest BCUT2D eigenvalue weighted by atomic mass is 19.1. The average molecular weight is 286 g/mol. The van der Waals surface area contributed by atoms with Gasteiger partial charge in [0.15, 0.2) is 0 Å². The van der Waals surface area contributed by atoms with Crippen LogP contribution in [-0.2, 0) is 6.54 Å². The Morgan fingerprint density at radius 2 is 2.24 bits per heavy atom. The summed E-state index contributed by atoms with van der Waals surface area (Å²) < 4.78 is 16.7. The summed E-state index contributed by atoms with van der Waals surface area (Å²) in [5.41, 5.74) is 0.296. The molecule has 0 spiro atoms. The second kappa shape index (κ2) is 5.47. The van der Waals surface area contributed by atoms with E-state index in [-0.39, 0.29) is 11.6 Å². The first kappa shape index (κ1) is 13.5. The minimum Gasteiger partial charge on any atom is -0.296 e. The molecule has 0 aliphatic carbocycles. The molecule has 0 aliphatic heterocycles. The van der Waals surface area contributed by atoms with Gasteiger partial charge in [-0.3, -0.25) is 14.0 Å². The van der Waals surface area contributed by atoms with Crippen molar-refractivity contribution in [2.24, 2.45) is 0 Å². The zero-order valence-electron chi connectivity index (χ0n) is 11.6. The summed E-state index contributed by atoms with van der Waals surface area (Å²) in [6.07, 6.45) is 5.86. The fraction of sp³-hybridized carbons (Fsp3) is 0.267. The molecule has 0 fully saturated rings. The molecule has 2 heterocycles. The summed E-state index contributed by atoms with van der Waals surface area (Å²) in [6, 6.07) is 5.88. The molecule has 3 rings (SSSR count). The Morgan fingerprint density at radius 3 is 3.00 bits per heavy atom. The van der Waals surface area contributed by atoms with Crippen molar-refractivity contribution in [2.75, 3.05) is 0 Å². The largest absolute Gasteiger partial charge is 0.296 e. The van der Waals surface area contributed by atoms with Crippen LogP contribution >= 0.6 is 0 Å². The van der Waals surface area contributed by atoms with Crippen molar-refractivity contribution < 1.29 is 4.39 Å². The van der Waals surface area contributed by atoms with Gasteiger partial charge in [0.25, 0.3) is 5.56 Å².